The van der Waals surface area contributed by atoms with Crippen molar-refractivity contribution in [2.45, 2.75) is 19.4 Å². The molecule has 0 aromatic heterocycles. The smallest absolute Gasteiger partial charge is 0.295 e. The van der Waals surface area contributed by atoms with Crippen LogP contribution in [0.1, 0.15) is 30.5 Å². The van der Waals surface area contributed by atoms with Gasteiger partial charge >= 0.3 is 0 Å². The molecule has 2 aromatic carbocycles. The van der Waals surface area contributed by atoms with E-state index in [1.807, 2.05) is 6.92 Å². The highest BCUT2D eigenvalue weighted by Gasteiger charge is 2.46. The number of methoxy groups -OCH3 is 2. The minimum Gasteiger partial charge on any atom is -0.507 e. The van der Waals surface area contributed by atoms with Gasteiger partial charge in [-0.25, -0.2) is 0 Å². The van der Waals surface area contributed by atoms with Crippen LogP contribution in [0.5, 0.6) is 11.5 Å². The Bertz CT molecular complexity index is 985. The number of nitrogens with zero attached hydrogens (tertiary/aromatic N) is 1. The standard InChI is InChI=1S/C22H22ClNO5/c1-4-11-24-19(14-7-5-6-8-16(14)28-2)18(21(26)22(24)27)20(25)13-9-10-15(23)17(12-13)29-3/h5-10,12,19,25H,4,11H2,1-3H3/b20-18+. The SMILES string of the molecule is CCCN1C(=O)C(=O)/C(=C(/O)c2ccc(Cl)c(OC)c2)C1c1ccccc1OC. The molecule has 1 unspecified atom stereocenters. The van der Waals surface area contributed by atoms with Gasteiger partial charge in [0.15, 0.2) is 0 Å². The van der Waals surface area contributed by atoms with Crippen molar-refractivity contribution < 1.29 is 24.2 Å². The Morgan fingerprint density at radius 2 is 1.79 bits per heavy atom. The van der Waals surface area contributed by atoms with E-state index in [9.17, 15) is 14.7 Å². The topological polar surface area (TPSA) is 76.1 Å². The average Bonchev–Trinajstić information content (AvgIpc) is 2.98. The molecule has 0 aliphatic carbocycles. The number of halogens is 1. The number of Topliss-reactive ketones (excluding diaryl/α,β-unsaturated/α-hetero) is 1. The molecular formula is C22H22ClNO5. The summed E-state index contributed by atoms with van der Waals surface area (Å²) in [7, 11) is 2.98. The number of ether oxygens (including phenoxy) is 2. The first-order valence-electron chi connectivity index (χ1n) is 9.19. The van der Waals surface area contributed by atoms with Crippen LogP contribution in [-0.2, 0) is 9.59 Å². The van der Waals surface area contributed by atoms with Gasteiger partial charge in [0.2, 0.25) is 0 Å². The third-order valence-electron chi connectivity index (χ3n) is 4.86. The molecule has 29 heavy (non-hydrogen) atoms. The van der Waals surface area contributed by atoms with Crippen LogP contribution in [0.2, 0.25) is 5.02 Å². The monoisotopic (exact) mass is 415 g/mol. The summed E-state index contributed by atoms with van der Waals surface area (Å²) >= 11 is 6.07. The van der Waals surface area contributed by atoms with Crippen LogP contribution in [0.3, 0.4) is 0 Å². The molecule has 1 fully saturated rings. The van der Waals surface area contributed by atoms with Crippen LogP contribution in [0.4, 0.5) is 0 Å². The van der Waals surface area contributed by atoms with E-state index in [0.29, 0.717) is 40.6 Å². The number of carbonyl (C=O) groups is 2. The molecule has 1 heterocycles. The predicted molar refractivity (Wildman–Crippen MR) is 110 cm³/mol. The Balaban J connectivity index is 2.24. The van der Waals surface area contributed by atoms with Crippen LogP contribution >= 0.6 is 11.6 Å². The van der Waals surface area contributed by atoms with E-state index in [0.717, 1.165) is 0 Å². The highest BCUT2D eigenvalue weighted by atomic mass is 35.5. The molecule has 2 aromatic rings. The molecule has 1 aliphatic heterocycles. The second-order valence-corrected chi connectivity index (χ2v) is 6.99. The van der Waals surface area contributed by atoms with Crippen LogP contribution < -0.4 is 9.47 Å². The molecule has 0 saturated carbocycles. The number of likely N-dealkylation sites (tertiary alicyclic amines) is 1. The van der Waals surface area contributed by atoms with Gasteiger partial charge in [-0.05, 0) is 30.7 Å². The summed E-state index contributed by atoms with van der Waals surface area (Å²) in [5, 5.41) is 11.4. The molecule has 7 heteroatoms. The first-order chi connectivity index (χ1) is 13.9. The molecule has 1 N–H and O–H groups in total. The number of rotatable bonds is 6. The molecule has 0 spiro atoms. The Morgan fingerprint density at radius 1 is 1.10 bits per heavy atom. The molecule has 6 nitrogen and oxygen atoms in total. The fourth-order valence-electron chi connectivity index (χ4n) is 3.53. The quantitative estimate of drug-likeness (QED) is 0.435. The Hall–Kier alpha value is -2.99. The van der Waals surface area contributed by atoms with Crippen LogP contribution in [0, 0.1) is 0 Å². The third-order valence-corrected chi connectivity index (χ3v) is 5.17. The third kappa shape index (κ3) is 3.68. The van der Waals surface area contributed by atoms with Crippen molar-refractivity contribution in [1.29, 1.82) is 0 Å². The molecule has 3 rings (SSSR count). The highest BCUT2D eigenvalue weighted by molar-refractivity contribution is 6.46. The molecule has 152 valence electrons. The zero-order chi connectivity index (χ0) is 21.1. The van der Waals surface area contributed by atoms with Crippen molar-refractivity contribution in [3.63, 3.8) is 0 Å². The normalized spacial score (nSPS) is 18.2. The minimum atomic E-state index is -0.757. The van der Waals surface area contributed by atoms with Crippen molar-refractivity contribution in [2.75, 3.05) is 20.8 Å². The van der Waals surface area contributed by atoms with Gasteiger partial charge in [-0.1, -0.05) is 36.7 Å². The van der Waals surface area contributed by atoms with Crippen molar-refractivity contribution in [3.05, 3.63) is 64.2 Å². The second-order valence-electron chi connectivity index (χ2n) is 6.58. The van der Waals surface area contributed by atoms with Crippen LogP contribution in [0.25, 0.3) is 5.76 Å². The van der Waals surface area contributed by atoms with E-state index in [1.165, 1.54) is 25.2 Å². The molecule has 0 radical (unpaired) electrons. The summed E-state index contributed by atoms with van der Waals surface area (Å²) in [6.07, 6.45) is 0.660. The van der Waals surface area contributed by atoms with Crippen LogP contribution in [0.15, 0.2) is 48.0 Å². The van der Waals surface area contributed by atoms with Gasteiger partial charge in [-0.3, -0.25) is 9.59 Å². The number of benzene rings is 2. The largest absolute Gasteiger partial charge is 0.507 e. The number of hydrogen-bond donors (Lipinski definition) is 1. The predicted octanol–water partition coefficient (Wildman–Crippen LogP) is 4.19. The Kier molecular flexibility index (Phi) is 6.13. The second kappa shape index (κ2) is 8.57. The lowest BCUT2D eigenvalue weighted by molar-refractivity contribution is -0.139. The summed E-state index contributed by atoms with van der Waals surface area (Å²) in [4.78, 5) is 27.1. The number of aliphatic hydroxyl groups excluding tert-OH is 1. The molecule has 1 atom stereocenters. The zero-order valence-corrected chi connectivity index (χ0v) is 17.2. The van der Waals surface area contributed by atoms with Gasteiger partial charge in [0.05, 0.1) is 30.9 Å². The lowest BCUT2D eigenvalue weighted by atomic mass is 9.94. The summed E-state index contributed by atoms with van der Waals surface area (Å²) in [5.74, 6) is -0.786. The number of amides is 1. The van der Waals surface area contributed by atoms with Gasteiger partial charge in [0, 0.05) is 17.7 Å². The molecule has 1 amide bonds. The summed E-state index contributed by atoms with van der Waals surface area (Å²) in [5.41, 5.74) is 0.975. The molecule has 1 saturated heterocycles. The molecule has 0 bridgehead atoms. The van der Waals surface area contributed by atoms with Crippen molar-refractivity contribution in [1.82, 2.24) is 4.90 Å². The maximum absolute atomic E-state index is 12.9. The average molecular weight is 416 g/mol. The highest BCUT2D eigenvalue weighted by Crippen LogP contribution is 2.43. The van der Waals surface area contributed by atoms with E-state index < -0.39 is 17.7 Å². The Labute approximate surface area is 174 Å². The lowest BCUT2D eigenvalue weighted by Crippen LogP contribution is -2.30. The number of hydrogen-bond acceptors (Lipinski definition) is 5. The zero-order valence-electron chi connectivity index (χ0n) is 16.4. The van der Waals surface area contributed by atoms with E-state index in [1.54, 1.807) is 36.4 Å². The lowest BCUT2D eigenvalue weighted by Gasteiger charge is -2.26. The Morgan fingerprint density at radius 3 is 2.45 bits per heavy atom. The number of aliphatic hydroxyl groups is 1. The van der Waals surface area contributed by atoms with Crippen molar-refractivity contribution >= 4 is 29.1 Å². The summed E-state index contributed by atoms with van der Waals surface area (Å²) < 4.78 is 10.7. The number of carbonyl (C=O) groups excluding carboxylic acids is 2. The summed E-state index contributed by atoms with van der Waals surface area (Å²) in [6, 6.07) is 11.1. The first-order valence-corrected chi connectivity index (χ1v) is 9.57. The fraction of sp³-hybridized carbons (Fsp3) is 0.273. The maximum Gasteiger partial charge on any atom is 0.295 e. The van der Waals surface area contributed by atoms with Gasteiger partial charge in [0.1, 0.15) is 17.3 Å². The minimum absolute atomic E-state index is 0.0114. The van der Waals surface area contributed by atoms with Gasteiger partial charge in [-0.2, -0.15) is 0 Å². The van der Waals surface area contributed by atoms with Gasteiger partial charge in [0.25, 0.3) is 11.7 Å². The van der Waals surface area contributed by atoms with Crippen LogP contribution in [-0.4, -0.2) is 42.5 Å². The number of ketones is 1. The van der Waals surface area contributed by atoms with Crippen molar-refractivity contribution in [2.24, 2.45) is 0 Å². The molecular weight excluding hydrogens is 394 g/mol. The van der Waals surface area contributed by atoms with E-state index in [2.05, 4.69) is 0 Å². The van der Waals surface area contributed by atoms with Gasteiger partial charge in [-0.15, -0.1) is 0 Å². The molecule has 1 aliphatic rings. The van der Waals surface area contributed by atoms with Crippen molar-refractivity contribution in [3.8, 4) is 11.5 Å². The first kappa shape index (κ1) is 20.7. The maximum atomic E-state index is 12.9. The van der Waals surface area contributed by atoms with E-state index >= 15 is 0 Å². The van der Waals surface area contributed by atoms with E-state index in [4.69, 9.17) is 21.1 Å². The van der Waals surface area contributed by atoms with E-state index in [-0.39, 0.29) is 11.3 Å². The van der Waals surface area contributed by atoms with Gasteiger partial charge < -0.3 is 19.5 Å². The summed E-state index contributed by atoms with van der Waals surface area (Å²) in [6.45, 7) is 2.29. The number of para-hydroxylation sites is 1. The fourth-order valence-corrected chi connectivity index (χ4v) is 3.72.